The summed E-state index contributed by atoms with van der Waals surface area (Å²) in [4.78, 5) is 3.00. The van der Waals surface area contributed by atoms with Crippen molar-refractivity contribution < 1.29 is 0 Å². The highest BCUT2D eigenvalue weighted by Gasteiger charge is 2.12. The lowest BCUT2D eigenvalue weighted by Crippen LogP contribution is -2.35. The van der Waals surface area contributed by atoms with E-state index in [1.165, 1.54) is 12.8 Å². The molecule has 2 nitrogen and oxygen atoms in total. The molecule has 0 spiro atoms. The van der Waals surface area contributed by atoms with Gasteiger partial charge in [-0.05, 0) is 26.4 Å². The molecule has 0 aromatic rings. The van der Waals surface area contributed by atoms with Crippen LogP contribution in [0.1, 0.15) is 39.5 Å². The fraction of sp³-hybridized carbons (Fsp3) is 0.900. The summed E-state index contributed by atoms with van der Waals surface area (Å²) in [6.45, 7) is 5.55. The fourth-order valence-electron chi connectivity index (χ4n) is 1.43. The Labute approximate surface area is 87.5 Å². The minimum atomic E-state index is 0.532. The van der Waals surface area contributed by atoms with Crippen molar-refractivity contribution in [3.05, 3.63) is 0 Å². The molecule has 0 heterocycles. The third kappa shape index (κ3) is 5.99. The number of thiocarbonyl (C=S) groups is 1. The van der Waals surface area contributed by atoms with E-state index in [0.717, 1.165) is 19.4 Å². The van der Waals surface area contributed by atoms with Gasteiger partial charge in [-0.3, -0.25) is 0 Å². The first kappa shape index (κ1) is 12.8. The Hall–Kier alpha value is -0.150. The van der Waals surface area contributed by atoms with Crippen LogP contribution in [-0.4, -0.2) is 29.5 Å². The lowest BCUT2D eigenvalue weighted by molar-refractivity contribution is 0.238. The fourth-order valence-corrected chi connectivity index (χ4v) is 1.63. The summed E-state index contributed by atoms with van der Waals surface area (Å²) in [5, 5.41) is 0. The van der Waals surface area contributed by atoms with Gasteiger partial charge < -0.3 is 10.6 Å². The molecule has 0 aliphatic rings. The molecule has 0 bridgehead atoms. The number of nitrogens with zero attached hydrogens (tertiary/aromatic N) is 1. The molecule has 2 N–H and O–H groups in total. The van der Waals surface area contributed by atoms with Gasteiger partial charge in [-0.1, -0.05) is 32.5 Å². The van der Waals surface area contributed by atoms with E-state index < -0.39 is 0 Å². The number of unbranched alkanes of at least 4 members (excludes halogenated alkanes) is 1. The lowest BCUT2D eigenvalue weighted by atomic mass is 10.1. The van der Waals surface area contributed by atoms with E-state index in [-0.39, 0.29) is 0 Å². The van der Waals surface area contributed by atoms with Gasteiger partial charge in [0.2, 0.25) is 0 Å². The van der Waals surface area contributed by atoms with Gasteiger partial charge in [-0.2, -0.15) is 0 Å². The Morgan fingerprint density at radius 3 is 2.46 bits per heavy atom. The number of hydrogen-bond acceptors (Lipinski definition) is 2. The SMILES string of the molecule is CCCCN(C)C(CC)CC(N)=S. The molecular formula is C10H22N2S. The van der Waals surface area contributed by atoms with Gasteiger partial charge in [0.1, 0.15) is 0 Å². The van der Waals surface area contributed by atoms with Crippen molar-refractivity contribution in [1.29, 1.82) is 0 Å². The highest BCUT2D eigenvalue weighted by molar-refractivity contribution is 7.80. The first-order chi connectivity index (χ1) is 6.11. The predicted octanol–water partition coefficient (Wildman–Crippen LogP) is 2.17. The van der Waals surface area contributed by atoms with E-state index in [9.17, 15) is 0 Å². The Bertz CT molecular complexity index is 148. The third-order valence-corrected chi connectivity index (χ3v) is 2.56. The van der Waals surface area contributed by atoms with Gasteiger partial charge in [-0.15, -0.1) is 0 Å². The van der Waals surface area contributed by atoms with E-state index in [1.807, 2.05) is 0 Å². The van der Waals surface area contributed by atoms with Crippen molar-refractivity contribution in [2.75, 3.05) is 13.6 Å². The molecule has 3 heteroatoms. The molecular weight excluding hydrogens is 180 g/mol. The normalized spacial score (nSPS) is 13.2. The van der Waals surface area contributed by atoms with Gasteiger partial charge >= 0.3 is 0 Å². The average molecular weight is 202 g/mol. The number of nitrogens with two attached hydrogens (primary N) is 1. The molecule has 0 amide bonds. The molecule has 0 saturated carbocycles. The van der Waals surface area contributed by atoms with Crippen LogP contribution in [-0.2, 0) is 0 Å². The minimum Gasteiger partial charge on any atom is -0.393 e. The second-order valence-corrected chi connectivity index (χ2v) is 4.09. The molecule has 1 unspecified atom stereocenters. The van der Waals surface area contributed by atoms with Gasteiger partial charge in [-0.25, -0.2) is 0 Å². The number of hydrogen-bond donors (Lipinski definition) is 1. The van der Waals surface area contributed by atoms with Crippen LogP contribution in [0, 0.1) is 0 Å². The van der Waals surface area contributed by atoms with E-state index in [0.29, 0.717) is 11.0 Å². The predicted molar refractivity (Wildman–Crippen MR) is 63.0 cm³/mol. The molecule has 78 valence electrons. The molecule has 0 aliphatic heterocycles. The minimum absolute atomic E-state index is 0.532. The van der Waals surface area contributed by atoms with Crippen LogP contribution < -0.4 is 5.73 Å². The Morgan fingerprint density at radius 1 is 1.46 bits per heavy atom. The van der Waals surface area contributed by atoms with Crippen molar-refractivity contribution in [1.82, 2.24) is 4.90 Å². The largest absolute Gasteiger partial charge is 0.393 e. The highest BCUT2D eigenvalue weighted by atomic mass is 32.1. The Morgan fingerprint density at radius 2 is 2.08 bits per heavy atom. The highest BCUT2D eigenvalue weighted by Crippen LogP contribution is 2.07. The first-order valence-corrected chi connectivity index (χ1v) is 5.51. The molecule has 13 heavy (non-hydrogen) atoms. The zero-order valence-electron chi connectivity index (χ0n) is 9.05. The maximum atomic E-state index is 5.54. The maximum Gasteiger partial charge on any atom is 0.0743 e. The first-order valence-electron chi connectivity index (χ1n) is 5.10. The molecule has 0 saturated heterocycles. The Balaban J connectivity index is 3.84. The van der Waals surface area contributed by atoms with Gasteiger partial charge in [0, 0.05) is 12.5 Å². The van der Waals surface area contributed by atoms with E-state index in [2.05, 4.69) is 25.8 Å². The molecule has 0 aromatic carbocycles. The van der Waals surface area contributed by atoms with Crippen molar-refractivity contribution in [3.8, 4) is 0 Å². The van der Waals surface area contributed by atoms with Crippen LogP contribution in [0.2, 0.25) is 0 Å². The summed E-state index contributed by atoms with van der Waals surface area (Å²) in [5.74, 6) is 0. The molecule has 0 radical (unpaired) electrons. The van der Waals surface area contributed by atoms with Crippen molar-refractivity contribution in [2.45, 2.75) is 45.6 Å². The zero-order chi connectivity index (χ0) is 10.3. The summed E-state index contributed by atoms with van der Waals surface area (Å²) in [5.41, 5.74) is 5.54. The average Bonchev–Trinajstić information content (AvgIpc) is 2.09. The van der Waals surface area contributed by atoms with Crippen LogP contribution in [0.5, 0.6) is 0 Å². The lowest BCUT2D eigenvalue weighted by Gasteiger charge is -2.26. The zero-order valence-corrected chi connectivity index (χ0v) is 9.86. The molecule has 0 aliphatic carbocycles. The van der Waals surface area contributed by atoms with Crippen molar-refractivity contribution in [3.63, 3.8) is 0 Å². The van der Waals surface area contributed by atoms with E-state index >= 15 is 0 Å². The summed E-state index contributed by atoms with van der Waals surface area (Å²) in [7, 11) is 2.15. The smallest absolute Gasteiger partial charge is 0.0743 e. The third-order valence-electron chi connectivity index (χ3n) is 2.40. The van der Waals surface area contributed by atoms with E-state index in [4.69, 9.17) is 18.0 Å². The monoisotopic (exact) mass is 202 g/mol. The summed E-state index contributed by atoms with van der Waals surface area (Å²) in [6, 6.07) is 0.532. The molecule has 0 fully saturated rings. The quantitative estimate of drug-likeness (QED) is 0.642. The van der Waals surface area contributed by atoms with Crippen LogP contribution in [0.4, 0.5) is 0 Å². The number of rotatable bonds is 7. The maximum absolute atomic E-state index is 5.54. The topological polar surface area (TPSA) is 29.3 Å². The van der Waals surface area contributed by atoms with Crippen LogP contribution in [0.3, 0.4) is 0 Å². The summed E-state index contributed by atoms with van der Waals surface area (Å²) in [6.07, 6.45) is 4.47. The second-order valence-electron chi connectivity index (χ2n) is 3.57. The van der Waals surface area contributed by atoms with Crippen molar-refractivity contribution in [2.24, 2.45) is 5.73 Å². The molecule has 0 aromatic heterocycles. The van der Waals surface area contributed by atoms with Crippen LogP contribution >= 0.6 is 12.2 Å². The van der Waals surface area contributed by atoms with E-state index in [1.54, 1.807) is 0 Å². The van der Waals surface area contributed by atoms with Gasteiger partial charge in [0.25, 0.3) is 0 Å². The standard InChI is InChI=1S/C10H22N2S/c1-4-6-7-12(3)9(5-2)8-10(11)13/h9H,4-8H2,1-3H3,(H2,11,13). The molecule has 1 atom stereocenters. The van der Waals surface area contributed by atoms with Gasteiger partial charge in [0.05, 0.1) is 4.99 Å². The van der Waals surface area contributed by atoms with Crippen LogP contribution in [0.15, 0.2) is 0 Å². The summed E-state index contributed by atoms with van der Waals surface area (Å²) >= 11 is 4.92. The Kier molecular flexibility index (Phi) is 7.19. The van der Waals surface area contributed by atoms with Gasteiger partial charge in [0.15, 0.2) is 0 Å². The summed E-state index contributed by atoms with van der Waals surface area (Å²) < 4.78 is 0. The van der Waals surface area contributed by atoms with Crippen molar-refractivity contribution >= 4 is 17.2 Å². The molecule has 0 rings (SSSR count). The van der Waals surface area contributed by atoms with Crippen LogP contribution in [0.25, 0.3) is 0 Å². The second kappa shape index (κ2) is 7.27.